The molecule has 0 saturated carbocycles. The number of fused-ring (bicyclic) bond motifs is 1. The van der Waals surface area contributed by atoms with Gasteiger partial charge < -0.3 is 15.4 Å². The molecule has 1 unspecified atom stereocenters. The van der Waals surface area contributed by atoms with Gasteiger partial charge in [-0.15, -0.1) is 0 Å². The number of aromatic nitrogens is 1. The number of nitrogens with one attached hydrogen (secondary N) is 2. The van der Waals surface area contributed by atoms with Crippen LogP contribution in [0.4, 0.5) is 20.6 Å². The average molecular weight is 422 g/mol. The summed E-state index contributed by atoms with van der Waals surface area (Å²) in [6, 6.07) is 5.77. The normalized spacial score (nSPS) is 16.3. The first-order valence-electron chi connectivity index (χ1n) is 9.13. The number of ether oxygens (including phenoxy) is 1. The summed E-state index contributed by atoms with van der Waals surface area (Å²) >= 11 is 0. The number of amides is 1. The van der Waals surface area contributed by atoms with Gasteiger partial charge in [0.15, 0.2) is 0 Å². The van der Waals surface area contributed by atoms with Gasteiger partial charge in [-0.05, 0) is 44.2 Å². The molecule has 8 nitrogen and oxygen atoms in total. The summed E-state index contributed by atoms with van der Waals surface area (Å²) in [5.41, 5.74) is 1.58. The van der Waals surface area contributed by atoms with Gasteiger partial charge in [0.1, 0.15) is 5.82 Å². The molecule has 10 heteroatoms. The maximum absolute atomic E-state index is 13.3. The number of anilines is 2. The van der Waals surface area contributed by atoms with Crippen molar-refractivity contribution in [3.63, 3.8) is 0 Å². The van der Waals surface area contributed by atoms with Crippen LogP contribution in [0, 0.1) is 5.82 Å². The Morgan fingerprint density at radius 3 is 2.62 bits per heavy atom. The molecule has 29 heavy (non-hydrogen) atoms. The van der Waals surface area contributed by atoms with E-state index in [0.717, 1.165) is 12.1 Å². The molecule has 2 heterocycles. The van der Waals surface area contributed by atoms with Crippen LogP contribution in [0.2, 0.25) is 0 Å². The number of pyridine rings is 1. The Labute approximate surface area is 169 Å². The highest BCUT2D eigenvalue weighted by Gasteiger charge is 2.35. The second-order valence-electron chi connectivity index (χ2n) is 6.93. The van der Waals surface area contributed by atoms with E-state index in [1.54, 1.807) is 33.2 Å². The van der Waals surface area contributed by atoms with Crippen molar-refractivity contribution in [3.8, 4) is 0 Å². The maximum atomic E-state index is 13.3. The Morgan fingerprint density at radius 2 is 2.00 bits per heavy atom. The van der Waals surface area contributed by atoms with Gasteiger partial charge in [0, 0.05) is 13.5 Å². The average Bonchev–Trinajstić information content (AvgIpc) is 2.66. The van der Waals surface area contributed by atoms with Crippen molar-refractivity contribution in [2.45, 2.75) is 37.3 Å². The van der Waals surface area contributed by atoms with Crippen LogP contribution in [0.1, 0.15) is 19.5 Å². The van der Waals surface area contributed by atoms with Crippen molar-refractivity contribution in [3.05, 3.63) is 48.0 Å². The maximum Gasteiger partial charge on any atom is 0.407 e. The lowest BCUT2D eigenvalue weighted by atomic mass is 10.0. The molecule has 0 bridgehead atoms. The molecule has 3 rings (SSSR count). The van der Waals surface area contributed by atoms with E-state index in [1.807, 2.05) is 0 Å². The van der Waals surface area contributed by atoms with E-state index in [-0.39, 0.29) is 17.5 Å². The second-order valence-corrected chi connectivity index (χ2v) is 8.79. The number of hydrogen-bond donors (Lipinski definition) is 2. The van der Waals surface area contributed by atoms with Crippen molar-refractivity contribution in [2.24, 2.45) is 0 Å². The number of rotatable bonds is 5. The molecule has 1 aliphatic rings. The van der Waals surface area contributed by atoms with Crippen LogP contribution in [0.15, 0.2) is 41.4 Å². The lowest BCUT2D eigenvalue weighted by Crippen LogP contribution is -2.50. The number of carbonyl (C=O) groups excluding carboxylic acids is 1. The Hall–Kier alpha value is -2.88. The van der Waals surface area contributed by atoms with Crippen LogP contribution in [-0.4, -0.2) is 45.2 Å². The fourth-order valence-electron chi connectivity index (χ4n) is 3.06. The van der Waals surface area contributed by atoms with E-state index in [2.05, 4.69) is 15.6 Å². The standard InChI is InChI=1S/C19H23FN4O4S/c1-12(2)28-19(25)23-15-8-17-18(9-14(21-3)10-22-17)24(11-15)29(26,27)16-6-4-13(20)5-7-16/h4-7,9-10,12,15,21H,8,11H2,1-3H3,(H,23,25). The van der Waals surface area contributed by atoms with Gasteiger partial charge >= 0.3 is 6.09 Å². The number of hydrogen-bond acceptors (Lipinski definition) is 6. The fourth-order valence-corrected chi connectivity index (χ4v) is 4.59. The molecule has 0 radical (unpaired) electrons. The molecule has 0 saturated heterocycles. The number of halogens is 1. The van der Waals surface area contributed by atoms with Gasteiger partial charge in [-0.3, -0.25) is 9.29 Å². The van der Waals surface area contributed by atoms with Gasteiger partial charge in [0.25, 0.3) is 10.0 Å². The molecule has 1 aromatic heterocycles. The molecule has 2 N–H and O–H groups in total. The Morgan fingerprint density at radius 1 is 1.31 bits per heavy atom. The third-order valence-electron chi connectivity index (χ3n) is 4.40. The van der Waals surface area contributed by atoms with E-state index in [0.29, 0.717) is 23.5 Å². The van der Waals surface area contributed by atoms with Crippen LogP contribution >= 0.6 is 0 Å². The minimum Gasteiger partial charge on any atom is -0.447 e. The first kappa shape index (κ1) is 20.8. The molecule has 1 aliphatic heterocycles. The number of carbonyl (C=O) groups is 1. The van der Waals surface area contributed by atoms with Gasteiger partial charge in [0.05, 0.1) is 46.9 Å². The monoisotopic (exact) mass is 422 g/mol. The smallest absolute Gasteiger partial charge is 0.407 e. The van der Waals surface area contributed by atoms with Gasteiger partial charge in [-0.25, -0.2) is 17.6 Å². The summed E-state index contributed by atoms with van der Waals surface area (Å²) in [4.78, 5) is 16.3. The van der Waals surface area contributed by atoms with Crippen LogP contribution in [0.3, 0.4) is 0 Å². The second kappa shape index (κ2) is 8.24. The summed E-state index contributed by atoms with van der Waals surface area (Å²) in [5.74, 6) is -0.530. The highest BCUT2D eigenvalue weighted by atomic mass is 32.2. The van der Waals surface area contributed by atoms with E-state index < -0.39 is 28.0 Å². The first-order valence-corrected chi connectivity index (χ1v) is 10.6. The first-order chi connectivity index (χ1) is 13.7. The number of sulfonamides is 1. The lowest BCUT2D eigenvalue weighted by Gasteiger charge is -2.35. The van der Waals surface area contributed by atoms with Crippen LogP contribution < -0.4 is 14.9 Å². The summed E-state index contributed by atoms with van der Waals surface area (Å²) in [6.07, 6.45) is 1.01. The topological polar surface area (TPSA) is 101 Å². The minimum absolute atomic E-state index is 0.00521. The molecule has 156 valence electrons. The highest BCUT2D eigenvalue weighted by Crippen LogP contribution is 2.33. The Kier molecular flexibility index (Phi) is 5.92. The summed E-state index contributed by atoms with van der Waals surface area (Å²) in [7, 11) is -2.30. The molecule has 0 fully saturated rings. The van der Waals surface area contributed by atoms with Gasteiger partial charge in [-0.2, -0.15) is 0 Å². The molecule has 1 atom stereocenters. The lowest BCUT2D eigenvalue weighted by molar-refractivity contribution is 0.112. The van der Waals surface area contributed by atoms with Crippen molar-refractivity contribution in [1.82, 2.24) is 10.3 Å². The number of alkyl carbamates (subject to hydrolysis) is 1. The Bertz CT molecular complexity index is 996. The third kappa shape index (κ3) is 4.58. The van der Waals surface area contributed by atoms with Gasteiger partial charge in [0.2, 0.25) is 0 Å². The molecule has 1 amide bonds. The number of benzene rings is 1. The zero-order valence-corrected chi connectivity index (χ0v) is 17.2. The predicted octanol–water partition coefficient (Wildman–Crippen LogP) is 2.52. The zero-order valence-electron chi connectivity index (χ0n) is 16.3. The minimum atomic E-state index is -4.00. The molecule has 1 aromatic carbocycles. The third-order valence-corrected chi connectivity index (χ3v) is 6.19. The van der Waals surface area contributed by atoms with Crippen LogP contribution in [-0.2, 0) is 21.2 Å². The van der Waals surface area contributed by atoms with Gasteiger partial charge in [-0.1, -0.05) is 0 Å². The van der Waals surface area contributed by atoms with Crippen molar-refractivity contribution >= 4 is 27.5 Å². The van der Waals surface area contributed by atoms with E-state index in [9.17, 15) is 17.6 Å². The van der Waals surface area contributed by atoms with E-state index in [4.69, 9.17) is 4.74 Å². The van der Waals surface area contributed by atoms with E-state index in [1.165, 1.54) is 16.4 Å². The van der Waals surface area contributed by atoms with Crippen molar-refractivity contribution in [2.75, 3.05) is 23.2 Å². The molecule has 0 spiro atoms. The van der Waals surface area contributed by atoms with Crippen LogP contribution in [0.5, 0.6) is 0 Å². The molecular formula is C19H23FN4O4S. The molecule has 0 aliphatic carbocycles. The summed E-state index contributed by atoms with van der Waals surface area (Å²) in [5, 5.41) is 5.64. The van der Waals surface area contributed by atoms with Crippen molar-refractivity contribution in [1.29, 1.82) is 0 Å². The largest absolute Gasteiger partial charge is 0.447 e. The fraction of sp³-hybridized carbons (Fsp3) is 0.368. The van der Waals surface area contributed by atoms with Crippen molar-refractivity contribution < 1.29 is 22.3 Å². The summed E-state index contributed by atoms with van der Waals surface area (Å²) < 4.78 is 46.1. The SMILES string of the molecule is CNc1cnc2c(c1)N(S(=O)(=O)c1ccc(F)cc1)CC(NC(=O)OC(C)C)C2. The van der Waals surface area contributed by atoms with E-state index >= 15 is 0 Å². The highest BCUT2D eigenvalue weighted by molar-refractivity contribution is 7.92. The van der Waals surface area contributed by atoms with Crippen LogP contribution in [0.25, 0.3) is 0 Å². The quantitative estimate of drug-likeness (QED) is 0.768. The predicted molar refractivity (Wildman–Crippen MR) is 107 cm³/mol. The molecule has 2 aromatic rings. The zero-order chi connectivity index (χ0) is 21.2. The number of nitrogens with zero attached hydrogens (tertiary/aromatic N) is 2. The summed E-state index contributed by atoms with van der Waals surface area (Å²) in [6.45, 7) is 3.44. The Balaban J connectivity index is 1.99. The molecular weight excluding hydrogens is 399 g/mol.